The molecule has 0 bridgehead atoms. The fourth-order valence-corrected chi connectivity index (χ4v) is 0.549. The van der Waals surface area contributed by atoms with E-state index in [0.717, 1.165) is 26.2 Å². The van der Waals surface area contributed by atoms with E-state index in [-0.39, 0.29) is 5.91 Å². The third-order valence-corrected chi connectivity index (χ3v) is 1.03. The van der Waals surface area contributed by atoms with Crippen LogP contribution in [-0.2, 0) is 9.59 Å². The van der Waals surface area contributed by atoms with Crippen LogP contribution in [0.5, 0.6) is 0 Å². The van der Waals surface area contributed by atoms with E-state index in [9.17, 15) is 4.79 Å². The molecule has 0 aromatic heterocycles. The Labute approximate surface area is 72.8 Å². The van der Waals surface area contributed by atoms with E-state index in [2.05, 4.69) is 6.92 Å². The van der Waals surface area contributed by atoms with Gasteiger partial charge in [0.15, 0.2) is 0 Å². The van der Waals surface area contributed by atoms with Crippen LogP contribution in [0.2, 0.25) is 0 Å². The Bertz CT molecular complexity index is 130. The molecule has 0 aromatic rings. The van der Waals surface area contributed by atoms with Crippen molar-refractivity contribution in [3.63, 3.8) is 0 Å². The highest BCUT2D eigenvalue weighted by Crippen LogP contribution is 1.96. The quantitative estimate of drug-likeness (QED) is 0.629. The molecule has 4 heteroatoms. The standard InChI is InChI=1S/C6H13NO.C2H4O2/c1-2-3-4-5-6(7)8;1-2(3)4/h2-5H2,1H3,(H2,7,8);1H3,(H,3,4). The average Bonchev–Trinajstić information content (AvgIpc) is 1.86. The van der Waals surface area contributed by atoms with Gasteiger partial charge in [-0.25, -0.2) is 0 Å². The van der Waals surface area contributed by atoms with Gasteiger partial charge in [0.2, 0.25) is 5.91 Å². The second-order valence-corrected chi connectivity index (χ2v) is 2.44. The van der Waals surface area contributed by atoms with Crippen molar-refractivity contribution < 1.29 is 14.7 Å². The Morgan fingerprint density at radius 1 is 1.33 bits per heavy atom. The Kier molecular flexibility index (Phi) is 11.2. The maximum Gasteiger partial charge on any atom is 0.300 e. The maximum absolute atomic E-state index is 10.1. The van der Waals surface area contributed by atoms with Crippen LogP contribution in [-0.4, -0.2) is 17.0 Å². The number of amides is 1. The lowest BCUT2D eigenvalue weighted by molar-refractivity contribution is -0.134. The molecular formula is C8H17NO3. The van der Waals surface area contributed by atoms with E-state index in [4.69, 9.17) is 15.6 Å². The van der Waals surface area contributed by atoms with Gasteiger partial charge in [-0.05, 0) is 6.42 Å². The van der Waals surface area contributed by atoms with Crippen molar-refractivity contribution in [2.75, 3.05) is 0 Å². The van der Waals surface area contributed by atoms with E-state index in [1.165, 1.54) is 0 Å². The Hall–Kier alpha value is -1.06. The minimum atomic E-state index is -0.833. The molecular weight excluding hydrogens is 158 g/mol. The van der Waals surface area contributed by atoms with Crippen molar-refractivity contribution in [2.45, 2.75) is 39.5 Å². The highest BCUT2D eigenvalue weighted by Gasteiger charge is 1.90. The molecule has 72 valence electrons. The molecule has 1 amide bonds. The van der Waals surface area contributed by atoms with Gasteiger partial charge < -0.3 is 10.8 Å². The fraction of sp³-hybridized carbons (Fsp3) is 0.750. The first-order chi connectivity index (χ1) is 5.50. The number of rotatable bonds is 4. The van der Waals surface area contributed by atoms with E-state index in [1.54, 1.807) is 0 Å². The molecule has 0 aliphatic rings. The topological polar surface area (TPSA) is 80.4 Å². The number of carboxylic acid groups (broad SMARTS) is 1. The number of hydrogen-bond acceptors (Lipinski definition) is 2. The van der Waals surface area contributed by atoms with Crippen LogP contribution < -0.4 is 5.73 Å². The smallest absolute Gasteiger partial charge is 0.300 e. The van der Waals surface area contributed by atoms with Crippen molar-refractivity contribution >= 4 is 11.9 Å². The summed E-state index contributed by atoms with van der Waals surface area (Å²) in [6.45, 7) is 3.18. The number of primary amides is 1. The fourth-order valence-electron chi connectivity index (χ4n) is 0.549. The van der Waals surface area contributed by atoms with E-state index < -0.39 is 5.97 Å². The number of carbonyl (C=O) groups excluding carboxylic acids is 1. The molecule has 0 radical (unpaired) electrons. The van der Waals surface area contributed by atoms with Crippen molar-refractivity contribution in [1.82, 2.24) is 0 Å². The average molecular weight is 175 g/mol. The first kappa shape index (κ1) is 13.5. The molecule has 4 nitrogen and oxygen atoms in total. The molecule has 0 saturated heterocycles. The Morgan fingerprint density at radius 3 is 2.00 bits per heavy atom. The van der Waals surface area contributed by atoms with Crippen LogP contribution in [0.25, 0.3) is 0 Å². The lowest BCUT2D eigenvalue weighted by Gasteiger charge is -1.90. The monoisotopic (exact) mass is 175 g/mol. The number of carbonyl (C=O) groups is 2. The van der Waals surface area contributed by atoms with Gasteiger partial charge >= 0.3 is 0 Å². The highest BCUT2D eigenvalue weighted by atomic mass is 16.4. The number of unbranched alkanes of at least 4 members (excludes halogenated alkanes) is 2. The Balaban J connectivity index is 0. The molecule has 12 heavy (non-hydrogen) atoms. The summed E-state index contributed by atoms with van der Waals surface area (Å²) in [4.78, 5) is 19.1. The normalized spacial score (nSPS) is 8.17. The second-order valence-electron chi connectivity index (χ2n) is 2.44. The van der Waals surface area contributed by atoms with Crippen LogP contribution in [0.4, 0.5) is 0 Å². The first-order valence-corrected chi connectivity index (χ1v) is 3.98. The number of nitrogens with two attached hydrogens (primary N) is 1. The summed E-state index contributed by atoms with van der Waals surface area (Å²) in [5.74, 6) is -1.02. The van der Waals surface area contributed by atoms with E-state index in [0.29, 0.717) is 6.42 Å². The number of aliphatic carboxylic acids is 1. The lowest BCUT2D eigenvalue weighted by Crippen LogP contribution is -2.09. The first-order valence-electron chi connectivity index (χ1n) is 3.98. The zero-order valence-corrected chi connectivity index (χ0v) is 7.67. The van der Waals surface area contributed by atoms with Crippen LogP contribution in [0.1, 0.15) is 39.5 Å². The van der Waals surface area contributed by atoms with Crippen molar-refractivity contribution in [3.8, 4) is 0 Å². The predicted molar refractivity (Wildman–Crippen MR) is 46.6 cm³/mol. The summed E-state index contributed by atoms with van der Waals surface area (Å²) >= 11 is 0. The molecule has 0 fully saturated rings. The van der Waals surface area contributed by atoms with E-state index in [1.807, 2.05) is 0 Å². The molecule has 0 saturated carbocycles. The molecule has 3 N–H and O–H groups in total. The zero-order chi connectivity index (χ0) is 9.98. The van der Waals surface area contributed by atoms with Gasteiger partial charge in [0.25, 0.3) is 5.97 Å². The molecule has 0 aromatic carbocycles. The van der Waals surface area contributed by atoms with Crippen LogP contribution in [0, 0.1) is 0 Å². The molecule has 0 spiro atoms. The molecule has 0 unspecified atom stereocenters. The Morgan fingerprint density at radius 2 is 1.75 bits per heavy atom. The summed E-state index contributed by atoms with van der Waals surface area (Å²) < 4.78 is 0. The molecule has 0 aliphatic carbocycles. The van der Waals surface area contributed by atoms with Crippen molar-refractivity contribution in [2.24, 2.45) is 5.73 Å². The summed E-state index contributed by atoms with van der Waals surface area (Å²) in [7, 11) is 0. The van der Waals surface area contributed by atoms with Crippen molar-refractivity contribution in [3.05, 3.63) is 0 Å². The maximum atomic E-state index is 10.1. The van der Waals surface area contributed by atoms with Crippen LogP contribution >= 0.6 is 0 Å². The number of hydrogen-bond donors (Lipinski definition) is 2. The van der Waals surface area contributed by atoms with Crippen LogP contribution in [0.15, 0.2) is 0 Å². The summed E-state index contributed by atoms with van der Waals surface area (Å²) in [6.07, 6.45) is 3.76. The highest BCUT2D eigenvalue weighted by molar-refractivity contribution is 5.73. The summed E-state index contributed by atoms with van der Waals surface area (Å²) in [6, 6.07) is 0. The summed E-state index contributed by atoms with van der Waals surface area (Å²) in [5.41, 5.74) is 4.89. The molecule has 0 atom stereocenters. The largest absolute Gasteiger partial charge is 0.481 e. The van der Waals surface area contributed by atoms with Gasteiger partial charge in [-0.15, -0.1) is 0 Å². The van der Waals surface area contributed by atoms with Gasteiger partial charge in [-0.1, -0.05) is 19.8 Å². The van der Waals surface area contributed by atoms with Crippen molar-refractivity contribution in [1.29, 1.82) is 0 Å². The van der Waals surface area contributed by atoms with Gasteiger partial charge in [0, 0.05) is 13.3 Å². The summed E-state index contributed by atoms with van der Waals surface area (Å²) in [5, 5.41) is 7.42. The third kappa shape index (κ3) is 36.3. The second kappa shape index (κ2) is 9.94. The van der Waals surface area contributed by atoms with E-state index >= 15 is 0 Å². The van der Waals surface area contributed by atoms with Gasteiger partial charge in [-0.2, -0.15) is 0 Å². The predicted octanol–water partition coefficient (Wildman–Crippen LogP) is 1.14. The molecule has 0 rings (SSSR count). The van der Waals surface area contributed by atoms with Crippen LogP contribution in [0.3, 0.4) is 0 Å². The third-order valence-electron chi connectivity index (χ3n) is 1.03. The molecule has 0 aliphatic heterocycles. The van der Waals surface area contributed by atoms with Gasteiger partial charge in [0.05, 0.1) is 0 Å². The SMILES string of the molecule is CC(=O)O.CCCCCC(N)=O. The minimum absolute atomic E-state index is 0.182. The van der Waals surface area contributed by atoms with Gasteiger partial charge in [-0.3, -0.25) is 9.59 Å². The minimum Gasteiger partial charge on any atom is -0.481 e. The zero-order valence-electron chi connectivity index (χ0n) is 7.67. The number of carboxylic acids is 1. The van der Waals surface area contributed by atoms with Gasteiger partial charge in [0.1, 0.15) is 0 Å². The lowest BCUT2D eigenvalue weighted by atomic mass is 10.2. The molecule has 0 heterocycles.